The van der Waals surface area contributed by atoms with E-state index in [0.717, 1.165) is 25.2 Å². The number of tetrazole rings is 1. The fraction of sp³-hybridized carbons (Fsp3) is 0.579. The molecule has 28 heavy (non-hydrogen) atoms. The Bertz CT molecular complexity index is 773. The van der Waals surface area contributed by atoms with Crippen molar-refractivity contribution >= 4 is 17.7 Å². The van der Waals surface area contributed by atoms with Gasteiger partial charge in [-0.1, -0.05) is 36.0 Å². The maximum atomic E-state index is 12.2. The summed E-state index contributed by atoms with van der Waals surface area (Å²) in [5, 5.41) is 15.0. The summed E-state index contributed by atoms with van der Waals surface area (Å²) in [7, 11) is 1.79. The highest BCUT2D eigenvalue weighted by atomic mass is 32.2. The van der Waals surface area contributed by atoms with Crippen LogP contribution in [0.2, 0.25) is 0 Å². The summed E-state index contributed by atoms with van der Waals surface area (Å²) in [6.07, 6.45) is 0.924. The molecule has 2 atom stereocenters. The van der Waals surface area contributed by atoms with Crippen LogP contribution in [-0.2, 0) is 29.7 Å². The van der Waals surface area contributed by atoms with E-state index in [1.807, 2.05) is 6.07 Å². The predicted octanol–water partition coefficient (Wildman–Crippen LogP) is 1.62. The number of nitrogens with zero attached hydrogens (tertiary/aromatic N) is 5. The Hall–Kier alpha value is -1.97. The van der Waals surface area contributed by atoms with Crippen LogP contribution in [0.4, 0.5) is 0 Å². The van der Waals surface area contributed by atoms with E-state index < -0.39 is 0 Å². The quantitative estimate of drug-likeness (QED) is 0.669. The lowest BCUT2D eigenvalue weighted by atomic mass is 10.1. The summed E-state index contributed by atoms with van der Waals surface area (Å²) in [5.41, 5.74) is 2.41. The molecule has 1 aliphatic rings. The maximum absolute atomic E-state index is 12.2. The number of nitrogens with one attached hydrogen (secondary N) is 1. The number of amides is 1. The van der Waals surface area contributed by atoms with Crippen molar-refractivity contribution in [3.05, 3.63) is 35.4 Å². The molecule has 0 radical (unpaired) electrons. The van der Waals surface area contributed by atoms with Crippen LogP contribution in [0.25, 0.3) is 0 Å². The molecule has 0 spiro atoms. The molecule has 2 heterocycles. The molecule has 0 bridgehead atoms. The Kier molecular flexibility index (Phi) is 7.41. The van der Waals surface area contributed by atoms with Gasteiger partial charge < -0.3 is 10.1 Å². The molecule has 1 aromatic carbocycles. The van der Waals surface area contributed by atoms with E-state index in [0.29, 0.717) is 23.9 Å². The van der Waals surface area contributed by atoms with Crippen molar-refractivity contribution in [3.63, 3.8) is 0 Å². The number of carbonyl (C=O) groups excluding carboxylic acids is 1. The average molecular weight is 405 g/mol. The third-order valence-corrected chi connectivity index (χ3v) is 5.64. The number of ether oxygens (including phenoxy) is 1. The molecule has 2 aromatic rings. The first-order valence-corrected chi connectivity index (χ1v) is 10.6. The lowest BCUT2D eigenvalue weighted by Crippen LogP contribution is -2.45. The summed E-state index contributed by atoms with van der Waals surface area (Å²) in [4.78, 5) is 14.6. The number of rotatable bonds is 8. The zero-order valence-electron chi connectivity index (χ0n) is 16.7. The second-order valence-electron chi connectivity index (χ2n) is 7.18. The van der Waals surface area contributed by atoms with E-state index in [9.17, 15) is 4.79 Å². The fourth-order valence-electron chi connectivity index (χ4n) is 3.40. The van der Waals surface area contributed by atoms with Crippen molar-refractivity contribution < 1.29 is 9.53 Å². The summed E-state index contributed by atoms with van der Waals surface area (Å²) < 4.78 is 7.42. The summed E-state index contributed by atoms with van der Waals surface area (Å²) in [6.45, 7) is 7.51. The molecule has 9 heteroatoms. The number of hydrogen-bond acceptors (Lipinski definition) is 7. The third-order valence-electron chi connectivity index (χ3n) is 4.63. The number of aromatic nitrogens is 4. The molecule has 1 aliphatic heterocycles. The highest BCUT2D eigenvalue weighted by Crippen LogP contribution is 2.17. The van der Waals surface area contributed by atoms with Gasteiger partial charge in [-0.3, -0.25) is 9.69 Å². The number of thioether (sulfide) groups is 1. The van der Waals surface area contributed by atoms with Gasteiger partial charge in [0, 0.05) is 45.4 Å². The number of benzene rings is 1. The van der Waals surface area contributed by atoms with Crippen molar-refractivity contribution in [2.75, 3.05) is 18.8 Å². The van der Waals surface area contributed by atoms with Crippen LogP contribution in [0.5, 0.6) is 0 Å². The van der Waals surface area contributed by atoms with Crippen LogP contribution in [-0.4, -0.2) is 62.1 Å². The van der Waals surface area contributed by atoms with Crippen LogP contribution in [0.1, 0.15) is 31.4 Å². The van der Waals surface area contributed by atoms with Gasteiger partial charge in [-0.15, -0.1) is 5.10 Å². The maximum Gasteiger partial charge on any atom is 0.221 e. The van der Waals surface area contributed by atoms with Gasteiger partial charge in [0.05, 0.1) is 12.2 Å². The average Bonchev–Trinajstić information content (AvgIpc) is 3.05. The normalized spacial score (nSPS) is 20.2. The molecule has 2 unspecified atom stereocenters. The Morgan fingerprint density at radius 3 is 2.64 bits per heavy atom. The van der Waals surface area contributed by atoms with Crippen molar-refractivity contribution in [1.29, 1.82) is 0 Å². The van der Waals surface area contributed by atoms with Crippen LogP contribution in [0.3, 0.4) is 0 Å². The topological polar surface area (TPSA) is 85.2 Å². The van der Waals surface area contributed by atoms with Gasteiger partial charge in [-0.2, -0.15) is 0 Å². The monoisotopic (exact) mass is 404 g/mol. The fourth-order valence-corrected chi connectivity index (χ4v) is 4.19. The van der Waals surface area contributed by atoms with E-state index in [1.54, 1.807) is 11.7 Å². The van der Waals surface area contributed by atoms with E-state index in [1.165, 1.54) is 17.3 Å². The standard InChI is InChI=1S/C19H28N6O2S/c1-14-11-25(12-15(2)27-14)13-17-7-5-4-6-16(17)10-20-18(26)8-9-28-19-21-22-23-24(19)3/h4-7,14-15H,8-13H2,1-3H3,(H,20,26). The first kappa shape index (κ1) is 20.8. The smallest absolute Gasteiger partial charge is 0.221 e. The largest absolute Gasteiger partial charge is 0.373 e. The molecule has 8 nitrogen and oxygen atoms in total. The SMILES string of the molecule is CC1CN(Cc2ccccc2CNC(=O)CCSc2nnnn2C)CC(C)O1. The van der Waals surface area contributed by atoms with E-state index >= 15 is 0 Å². The molecule has 0 saturated carbocycles. The lowest BCUT2D eigenvalue weighted by molar-refractivity contribution is -0.120. The Morgan fingerprint density at radius 1 is 1.25 bits per heavy atom. The molecule has 1 fully saturated rings. The molecule has 3 rings (SSSR count). The zero-order chi connectivity index (χ0) is 19.9. The molecule has 152 valence electrons. The van der Waals surface area contributed by atoms with E-state index in [4.69, 9.17) is 4.74 Å². The minimum Gasteiger partial charge on any atom is -0.373 e. The van der Waals surface area contributed by atoms with Crippen LogP contribution in [0.15, 0.2) is 29.4 Å². The predicted molar refractivity (Wildman–Crippen MR) is 108 cm³/mol. The van der Waals surface area contributed by atoms with Gasteiger partial charge in [0.2, 0.25) is 11.1 Å². The third kappa shape index (κ3) is 6.02. The second kappa shape index (κ2) is 9.99. The molecule has 1 aromatic heterocycles. The van der Waals surface area contributed by atoms with Gasteiger partial charge >= 0.3 is 0 Å². The number of carbonyl (C=O) groups is 1. The van der Waals surface area contributed by atoms with E-state index in [2.05, 4.69) is 57.8 Å². The molecule has 1 saturated heterocycles. The minimum absolute atomic E-state index is 0.0334. The first-order chi connectivity index (χ1) is 13.5. The van der Waals surface area contributed by atoms with Gasteiger partial charge in [-0.25, -0.2) is 4.68 Å². The van der Waals surface area contributed by atoms with Crippen molar-refractivity contribution in [2.45, 2.75) is 50.7 Å². The van der Waals surface area contributed by atoms with Crippen molar-refractivity contribution in [3.8, 4) is 0 Å². The van der Waals surface area contributed by atoms with Crippen LogP contribution in [0, 0.1) is 0 Å². The Labute approximate surface area is 170 Å². The van der Waals surface area contributed by atoms with Crippen molar-refractivity contribution in [2.24, 2.45) is 7.05 Å². The lowest BCUT2D eigenvalue weighted by Gasteiger charge is -2.35. The summed E-state index contributed by atoms with van der Waals surface area (Å²) >= 11 is 1.48. The molecular formula is C19H28N6O2S. The van der Waals surface area contributed by atoms with Gasteiger partial charge in [0.25, 0.3) is 0 Å². The van der Waals surface area contributed by atoms with Gasteiger partial charge in [-0.05, 0) is 35.4 Å². The Balaban J connectivity index is 1.47. The molecular weight excluding hydrogens is 376 g/mol. The van der Waals surface area contributed by atoms with Crippen LogP contribution < -0.4 is 5.32 Å². The zero-order valence-corrected chi connectivity index (χ0v) is 17.5. The van der Waals surface area contributed by atoms with Gasteiger partial charge in [0.1, 0.15) is 0 Å². The number of morpholine rings is 1. The highest BCUT2D eigenvalue weighted by Gasteiger charge is 2.22. The minimum atomic E-state index is 0.0334. The van der Waals surface area contributed by atoms with E-state index in [-0.39, 0.29) is 18.1 Å². The highest BCUT2D eigenvalue weighted by molar-refractivity contribution is 7.99. The molecule has 1 amide bonds. The second-order valence-corrected chi connectivity index (χ2v) is 8.24. The Morgan fingerprint density at radius 2 is 1.96 bits per heavy atom. The summed E-state index contributed by atoms with van der Waals surface area (Å²) in [5.74, 6) is 0.677. The van der Waals surface area contributed by atoms with Gasteiger partial charge in [0.15, 0.2) is 0 Å². The molecule has 1 N–H and O–H groups in total. The molecule has 0 aliphatic carbocycles. The first-order valence-electron chi connectivity index (χ1n) is 9.57. The number of hydrogen-bond donors (Lipinski definition) is 1. The van der Waals surface area contributed by atoms with Crippen LogP contribution >= 0.6 is 11.8 Å². The number of aryl methyl sites for hydroxylation is 1. The van der Waals surface area contributed by atoms with Crippen molar-refractivity contribution in [1.82, 2.24) is 30.4 Å². The summed E-state index contributed by atoms with van der Waals surface area (Å²) in [6, 6.07) is 8.30.